The van der Waals surface area contributed by atoms with Crippen LogP contribution >= 0.6 is 0 Å². The first-order valence-electron chi connectivity index (χ1n) is 8.04. The van der Waals surface area contributed by atoms with Crippen molar-refractivity contribution in [2.75, 3.05) is 19.6 Å². The smallest absolute Gasteiger partial charge is 0.0940 e. The minimum absolute atomic E-state index is 0.408. The number of nitrogens with one attached hydrogen (secondary N) is 1. The van der Waals surface area contributed by atoms with Gasteiger partial charge in [0.25, 0.3) is 0 Å². The molecule has 0 amide bonds. The summed E-state index contributed by atoms with van der Waals surface area (Å²) in [6.07, 6.45) is 2.09. The van der Waals surface area contributed by atoms with Crippen molar-refractivity contribution in [2.24, 2.45) is 5.92 Å². The van der Waals surface area contributed by atoms with Crippen LogP contribution in [0.4, 0.5) is 0 Å². The van der Waals surface area contributed by atoms with Gasteiger partial charge in [0, 0.05) is 28.7 Å². The molecule has 1 aromatic carbocycles. The second kappa shape index (κ2) is 5.82. The van der Waals surface area contributed by atoms with E-state index in [9.17, 15) is 5.11 Å². The number of likely N-dealkylation sites (tertiary alicyclic amines) is 1. The van der Waals surface area contributed by atoms with Gasteiger partial charge in [-0.15, -0.1) is 0 Å². The molecule has 0 spiro atoms. The molecule has 2 aromatic rings. The fourth-order valence-corrected chi connectivity index (χ4v) is 3.52. The molecule has 1 saturated heterocycles. The fourth-order valence-electron chi connectivity index (χ4n) is 3.52. The number of fused-ring (bicyclic) bond motifs is 1. The Morgan fingerprint density at radius 2 is 2.00 bits per heavy atom. The van der Waals surface area contributed by atoms with E-state index in [4.69, 9.17) is 0 Å². The van der Waals surface area contributed by atoms with E-state index in [1.807, 2.05) is 0 Å². The lowest BCUT2D eigenvalue weighted by Gasteiger charge is -2.31. The SMILES string of the molecule is Cc1[nH]c2c(C)cccc2c1C(O)CN1CCC(C)CC1. The largest absolute Gasteiger partial charge is 0.387 e. The Hall–Kier alpha value is -1.32. The number of hydrogen-bond acceptors (Lipinski definition) is 2. The van der Waals surface area contributed by atoms with Crippen LogP contribution in [-0.4, -0.2) is 34.6 Å². The Bertz CT molecular complexity index is 623. The van der Waals surface area contributed by atoms with Gasteiger partial charge in [-0.1, -0.05) is 25.1 Å². The van der Waals surface area contributed by atoms with Gasteiger partial charge in [-0.2, -0.15) is 0 Å². The maximum absolute atomic E-state index is 10.7. The van der Waals surface area contributed by atoms with Gasteiger partial charge in [0.2, 0.25) is 0 Å². The average molecular weight is 286 g/mol. The van der Waals surface area contributed by atoms with E-state index in [0.29, 0.717) is 0 Å². The van der Waals surface area contributed by atoms with Crippen molar-refractivity contribution in [3.8, 4) is 0 Å². The van der Waals surface area contributed by atoms with E-state index in [2.05, 4.69) is 48.9 Å². The molecule has 2 N–H and O–H groups in total. The lowest BCUT2D eigenvalue weighted by molar-refractivity contribution is 0.0921. The summed E-state index contributed by atoms with van der Waals surface area (Å²) >= 11 is 0. The number of rotatable bonds is 3. The zero-order valence-electron chi connectivity index (χ0n) is 13.3. The van der Waals surface area contributed by atoms with Crippen molar-refractivity contribution < 1.29 is 5.11 Å². The molecule has 114 valence electrons. The van der Waals surface area contributed by atoms with Crippen LogP contribution in [0.3, 0.4) is 0 Å². The number of piperidine rings is 1. The van der Waals surface area contributed by atoms with Gasteiger partial charge in [-0.05, 0) is 51.3 Å². The third kappa shape index (κ3) is 2.85. The number of para-hydroxylation sites is 1. The molecule has 3 heteroatoms. The summed E-state index contributed by atoms with van der Waals surface area (Å²) in [6, 6.07) is 6.30. The Morgan fingerprint density at radius 1 is 1.29 bits per heavy atom. The maximum Gasteiger partial charge on any atom is 0.0940 e. The summed E-state index contributed by atoms with van der Waals surface area (Å²) in [4.78, 5) is 5.84. The first kappa shape index (κ1) is 14.6. The first-order chi connectivity index (χ1) is 10.1. The van der Waals surface area contributed by atoms with Gasteiger partial charge >= 0.3 is 0 Å². The molecule has 1 unspecified atom stereocenters. The van der Waals surface area contributed by atoms with Gasteiger partial charge in [0.05, 0.1) is 6.10 Å². The minimum atomic E-state index is -0.408. The van der Waals surface area contributed by atoms with Crippen molar-refractivity contribution in [3.05, 3.63) is 35.0 Å². The summed E-state index contributed by atoms with van der Waals surface area (Å²) in [6.45, 7) is 9.46. The van der Waals surface area contributed by atoms with Crippen molar-refractivity contribution in [1.29, 1.82) is 0 Å². The number of aryl methyl sites for hydroxylation is 2. The molecule has 3 rings (SSSR count). The van der Waals surface area contributed by atoms with E-state index in [1.54, 1.807) is 0 Å². The van der Waals surface area contributed by atoms with Gasteiger partial charge in [-0.3, -0.25) is 0 Å². The number of benzene rings is 1. The molecule has 0 radical (unpaired) electrons. The third-order valence-electron chi connectivity index (χ3n) is 4.92. The van der Waals surface area contributed by atoms with Crippen LogP contribution in [0.5, 0.6) is 0 Å². The second-order valence-electron chi connectivity index (χ2n) is 6.66. The van der Waals surface area contributed by atoms with Crippen LogP contribution in [0.1, 0.15) is 42.7 Å². The molecule has 21 heavy (non-hydrogen) atoms. The number of aromatic amines is 1. The highest BCUT2D eigenvalue weighted by atomic mass is 16.3. The molecule has 1 atom stereocenters. The van der Waals surface area contributed by atoms with E-state index in [1.165, 1.54) is 23.8 Å². The summed E-state index contributed by atoms with van der Waals surface area (Å²) in [5.74, 6) is 0.830. The Balaban J connectivity index is 1.83. The maximum atomic E-state index is 10.7. The highest BCUT2D eigenvalue weighted by molar-refractivity contribution is 5.87. The predicted molar refractivity (Wildman–Crippen MR) is 87.6 cm³/mol. The van der Waals surface area contributed by atoms with E-state index in [0.717, 1.165) is 42.3 Å². The summed E-state index contributed by atoms with van der Waals surface area (Å²) in [7, 11) is 0. The van der Waals surface area contributed by atoms with Crippen LogP contribution in [0.15, 0.2) is 18.2 Å². The normalized spacial score (nSPS) is 19.2. The molecule has 1 aliphatic rings. The topological polar surface area (TPSA) is 39.3 Å². The molecule has 3 nitrogen and oxygen atoms in total. The van der Waals surface area contributed by atoms with Crippen LogP contribution in [0, 0.1) is 19.8 Å². The van der Waals surface area contributed by atoms with Crippen LogP contribution < -0.4 is 0 Å². The fraction of sp³-hybridized carbons (Fsp3) is 0.556. The average Bonchev–Trinajstić information content (AvgIpc) is 2.79. The zero-order chi connectivity index (χ0) is 15.0. The van der Waals surface area contributed by atoms with Crippen molar-refractivity contribution >= 4 is 10.9 Å². The van der Waals surface area contributed by atoms with Crippen LogP contribution in [-0.2, 0) is 0 Å². The zero-order valence-corrected chi connectivity index (χ0v) is 13.3. The number of aromatic nitrogens is 1. The van der Waals surface area contributed by atoms with Gasteiger partial charge < -0.3 is 15.0 Å². The van der Waals surface area contributed by atoms with E-state index < -0.39 is 6.10 Å². The lowest BCUT2D eigenvalue weighted by Crippen LogP contribution is -2.36. The number of H-pyrrole nitrogens is 1. The Morgan fingerprint density at radius 3 is 2.71 bits per heavy atom. The molecule has 1 aromatic heterocycles. The quantitative estimate of drug-likeness (QED) is 0.905. The predicted octanol–water partition coefficient (Wildman–Crippen LogP) is 3.55. The highest BCUT2D eigenvalue weighted by Crippen LogP contribution is 2.30. The third-order valence-corrected chi connectivity index (χ3v) is 4.92. The Labute approximate surface area is 127 Å². The number of aliphatic hydroxyl groups is 1. The van der Waals surface area contributed by atoms with Gasteiger partial charge in [0.15, 0.2) is 0 Å². The molecular weight excluding hydrogens is 260 g/mol. The van der Waals surface area contributed by atoms with E-state index >= 15 is 0 Å². The monoisotopic (exact) mass is 286 g/mol. The molecule has 0 saturated carbocycles. The number of aliphatic hydroxyl groups excluding tert-OH is 1. The summed E-state index contributed by atoms with van der Waals surface area (Å²) < 4.78 is 0. The Kier molecular flexibility index (Phi) is 4.05. The van der Waals surface area contributed by atoms with Crippen molar-refractivity contribution in [2.45, 2.75) is 39.7 Å². The number of hydrogen-bond donors (Lipinski definition) is 2. The first-order valence-corrected chi connectivity index (χ1v) is 8.04. The standard InChI is InChI=1S/C18H26N2O/c1-12-7-9-20(10-8-12)11-16(21)17-14(3)19-18-13(2)5-4-6-15(17)18/h4-6,12,16,19,21H,7-11H2,1-3H3. The van der Waals surface area contributed by atoms with Gasteiger partial charge in [0.1, 0.15) is 0 Å². The molecule has 0 aliphatic carbocycles. The molecule has 1 fully saturated rings. The van der Waals surface area contributed by atoms with Crippen molar-refractivity contribution in [1.82, 2.24) is 9.88 Å². The van der Waals surface area contributed by atoms with Crippen LogP contribution in [0.25, 0.3) is 10.9 Å². The number of nitrogens with zero attached hydrogens (tertiary/aromatic N) is 1. The van der Waals surface area contributed by atoms with E-state index in [-0.39, 0.29) is 0 Å². The lowest BCUT2D eigenvalue weighted by atomic mass is 9.98. The number of β-amino-alcohol motifs (C(OH)–C–C–N with tert-alkyl or cyclic N) is 1. The molecule has 2 heterocycles. The van der Waals surface area contributed by atoms with Gasteiger partial charge in [-0.25, -0.2) is 0 Å². The van der Waals surface area contributed by atoms with Crippen molar-refractivity contribution in [3.63, 3.8) is 0 Å². The second-order valence-corrected chi connectivity index (χ2v) is 6.66. The summed E-state index contributed by atoms with van der Waals surface area (Å²) in [5.41, 5.74) is 4.57. The molecular formula is C18H26N2O. The minimum Gasteiger partial charge on any atom is -0.387 e. The highest BCUT2D eigenvalue weighted by Gasteiger charge is 2.22. The summed E-state index contributed by atoms with van der Waals surface area (Å²) in [5, 5.41) is 11.9. The molecule has 1 aliphatic heterocycles. The van der Waals surface area contributed by atoms with Crippen LogP contribution in [0.2, 0.25) is 0 Å². The molecule has 0 bridgehead atoms.